The molecular formula is C13H13BrN2O. The number of nitrogens with zero attached hydrogens (tertiary/aromatic N) is 1. The first kappa shape index (κ1) is 12.0. The molecule has 0 atom stereocenters. The molecule has 1 N–H and O–H groups in total. The van der Waals surface area contributed by atoms with Crippen molar-refractivity contribution in [2.75, 3.05) is 0 Å². The normalized spacial score (nSPS) is 20.2. The first-order valence-corrected chi connectivity index (χ1v) is 6.28. The van der Waals surface area contributed by atoms with Crippen molar-refractivity contribution in [3.8, 4) is 0 Å². The third-order valence-corrected chi connectivity index (χ3v) is 2.91. The molecule has 0 aromatic carbocycles. The smallest absolute Gasteiger partial charge is 0.166 e. The van der Waals surface area contributed by atoms with Crippen molar-refractivity contribution >= 4 is 21.7 Å². The van der Waals surface area contributed by atoms with E-state index in [4.69, 9.17) is 0 Å². The average molecular weight is 293 g/mol. The topological polar surface area (TPSA) is 45.8 Å². The number of nitrogens with one attached hydrogen (secondary N) is 1. The van der Waals surface area contributed by atoms with Crippen molar-refractivity contribution in [3.63, 3.8) is 0 Å². The molecule has 0 aliphatic heterocycles. The van der Waals surface area contributed by atoms with Gasteiger partial charge in [-0.3, -0.25) is 4.79 Å². The number of ketones is 1. The summed E-state index contributed by atoms with van der Waals surface area (Å²) in [6, 6.07) is 0. The number of H-pyrrole nitrogens is 1. The third kappa shape index (κ3) is 3.53. The molecule has 2 rings (SSSR count). The fourth-order valence-corrected chi connectivity index (χ4v) is 1.98. The standard InChI is InChI=1S/C13H13BrN2O/c14-12-9-15-13(16-12)8-11(17)10-6-4-2-1-3-5-7-10/h1-4,7,9H,5-6,8H2,(H,15,16)/b3-1?,4-2-,10-7+. The number of allylic oxidation sites excluding steroid dienone is 6. The van der Waals surface area contributed by atoms with Gasteiger partial charge in [-0.25, -0.2) is 4.98 Å². The molecule has 0 saturated carbocycles. The van der Waals surface area contributed by atoms with E-state index >= 15 is 0 Å². The molecule has 17 heavy (non-hydrogen) atoms. The zero-order chi connectivity index (χ0) is 12.1. The van der Waals surface area contributed by atoms with Gasteiger partial charge >= 0.3 is 0 Å². The Balaban J connectivity index is 2.04. The summed E-state index contributed by atoms with van der Waals surface area (Å²) < 4.78 is 0.801. The van der Waals surface area contributed by atoms with Gasteiger partial charge in [-0.15, -0.1) is 0 Å². The van der Waals surface area contributed by atoms with Crippen LogP contribution in [0.3, 0.4) is 0 Å². The Morgan fingerprint density at radius 3 is 3.00 bits per heavy atom. The Labute approximate surface area is 108 Å². The van der Waals surface area contributed by atoms with E-state index in [0.717, 1.165) is 16.6 Å². The zero-order valence-corrected chi connectivity index (χ0v) is 10.9. The summed E-state index contributed by atoms with van der Waals surface area (Å²) in [4.78, 5) is 19.1. The van der Waals surface area contributed by atoms with Crippen LogP contribution >= 0.6 is 15.9 Å². The summed E-state index contributed by atoms with van der Waals surface area (Å²) >= 11 is 3.28. The number of imidazole rings is 1. The van der Waals surface area contributed by atoms with Crippen LogP contribution in [0.2, 0.25) is 0 Å². The minimum Gasteiger partial charge on any atom is -0.336 e. The number of carbonyl (C=O) groups excluding carboxylic acids is 1. The molecule has 0 fully saturated rings. The van der Waals surface area contributed by atoms with Crippen molar-refractivity contribution in [1.29, 1.82) is 0 Å². The van der Waals surface area contributed by atoms with Crippen LogP contribution in [-0.4, -0.2) is 15.8 Å². The highest BCUT2D eigenvalue weighted by Gasteiger charge is 2.11. The predicted molar refractivity (Wildman–Crippen MR) is 70.6 cm³/mol. The van der Waals surface area contributed by atoms with Crippen molar-refractivity contribution in [2.45, 2.75) is 19.3 Å². The Kier molecular flexibility index (Phi) is 4.09. The summed E-state index contributed by atoms with van der Waals surface area (Å²) in [7, 11) is 0. The molecule has 1 aliphatic carbocycles. The van der Waals surface area contributed by atoms with Crippen molar-refractivity contribution in [3.05, 3.63) is 52.6 Å². The molecule has 1 aromatic rings. The van der Waals surface area contributed by atoms with Crippen molar-refractivity contribution in [1.82, 2.24) is 9.97 Å². The van der Waals surface area contributed by atoms with Crippen LogP contribution in [-0.2, 0) is 11.2 Å². The first-order chi connectivity index (χ1) is 8.25. The quantitative estimate of drug-likeness (QED) is 0.930. The van der Waals surface area contributed by atoms with Gasteiger partial charge in [0.25, 0.3) is 0 Å². The van der Waals surface area contributed by atoms with E-state index in [1.807, 2.05) is 30.4 Å². The predicted octanol–water partition coefficient (Wildman–Crippen LogP) is 3.12. The zero-order valence-electron chi connectivity index (χ0n) is 9.32. The van der Waals surface area contributed by atoms with E-state index in [1.54, 1.807) is 6.20 Å². The maximum absolute atomic E-state index is 12.0. The number of Topliss-reactive ketones (excluding diaryl/α,β-unsaturated/α-hetero) is 1. The second-order valence-corrected chi connectivity index (χ2v) is 4.66. The Morgan fingerprint density at radius 1 is 1.41 bits per heavy atom. The molecule has 0 saturated heterocycles. The Bertz CT molecular complexity index is 497. The Hall–Kier alpha value is -1.42. The van der Waals surface area contributed by atoms with Crippen molar-refractivity contribution in [2.24, 2.45) is 0 Å². The SMILES string of the molecule is O=C(Cc1ncc(Br)[nH]1)/C1=C/CC=C/C=C\C1. The van der Waals surface area contributed by atoms with E-state index in [0.29, 0.717) is 18.7 Å². The first-order valence-electron chi connectivity index (χ1n) is 5.49. The van der Waals surface area contributed by atoms with Gasteiger partial charge in [0.15, 0.2) is 5.78 Å². The highest BCUT2D eigenvalue weighted by Crippen LogP contribution is 2.13. The molecule has 1 heterocycles. The fraction of sp³-hybridized carbons (Fsp3) is 0.231. The highest BCUT2D eigenvalue weighted by atomic mass is 79.9. The Morgan fingerprint density at radius 2 is 2.24 bits per heavy atom. The van der Waals surface area contributed by atoms with Gasteiger partial charge in [-0.1, -0.05) is 30.4 Å². The molecule has 0 unspecified atom stereocenters. The van der Waals surface area contributed by atoms with Gasteiger partial charge in [0, 0.05) is 0 Å². The number of aromatic amines is 1. The molecule has 0 radical (unpaired) electrons. The lowest BCUT2D eigenvalue weighted by atomic mass is 10.0. The van der Waals surface area contributed by atoms with E-state index in [1.165, 1.54) is 0 Å². The summed E-state index contributed by atoms with van der Waals surface area (Å²) in [5.74, 6) is 0.830. The minimum absolute atomic E-state index is 0.131. The second-order valence-electron chi connectivity index (χ2n) is 3.80. The third-order valence-electron chi connectivity index (χ3n) is 2.50. The molecule has 3 nitrogen and oxygen atoms in total. The van der Waals surface area contributed by atoms with Gasteiger partial charge < -0.3 is 4.98 Å². The largest absolute Gasteiger partial charge is 0.336 e. The van der Waals surface area contributed by atoms with Crippen LogP contribution in [0.5, 0.6) is 0 Å². The van der Waals surface area contributed by atoms with Gasteiger partial charge in [-0.2, -0.15) is 0 Å². The summed E-state index contributed by atoms with van der Waals surface area (Å²) in [5, 5.41) is 0. The molecule has 0 spiro atoms. The molecular weight excluding hydrogens is 280 g/mol. The van der Waals surface area contributed by atoms with E-state index in [2.05, 4.69) is 25.9 Å². The van der Waals surface area contributed by atoms with E-state index < -0.39 is 0 Å². The number of halogens is 1. The summed E-state index contributed by atoms with van der Waals surface area (Å²) in [6.07, 6.45) is 13.5. The summed E-state index contributed by atoms with van der Waals surface area (Å²) in [6.45, 7) is 0. The number of hydrogen-bond acceptors (Lipinski definition) is 2. The maximum Gasteiger partial charge on any atom is 0.166 e. The lowest BCUT2D eigenvalue weighted by Crippen LogP contribution is -2.07. The molecule has 1 aromatic heterocycles. The fourth-order valence-electron chi connectivity index (χ4n) is 1.64. The number of rotatable bonds is 3. The average Bonchev–Trinajstić information content (AvgIpc) is 2.63. The van der Waals surface area contributed by atoms with E-state index in [-0.39, 0.29) is 5.78 Å². The van der Waals surface area contributed by atoms with Gasteiger partial charge in [0.2, 0.25) is 0 Å². The molecule has 4 heteroatoms. The minimum atomic E-state index is 0.131. The van der Waals surface area contributed by atoms with Crippen LogP contribution in [0, 0.1) is 0 Å². The monoisotopic (exact) mass is 292 g/mol. The number of aromatic nitrogens is 2. The van der Waals surface area contributed by atoms with Crippen LogP contribution in [0.25, 0.3) is 0 Å². The van der Waals surface area contributed by atoms with Crippen LogP contribution in [0.15, 0.2) is 46.8 Å². The van der Waals surface area contributed by atoms with Gasteiger partial charge in [-0.05, 0) is 34.3 Å². The van der Waals surface area contributed by atoms with Crippen LogP contribution in [0.1, 0.15) is 18.7 Å². The lowest BCUT2D eigenvalue weighted by molar-refractivity contribution is -0.115. The number of carbonyl (C=O) groups is 1. The lowest BCUT2D eigenvalue weighted by Gasteiger charge is -2.03. The molecule has 0 bridgehead atoms. The molecule has 88 valence electrons. The second kappa shape index (κ2) is 5.77. The van der Waals surface area contributed by atoms with Crippen LogP contribution < -0.4 is 0 Å². The number of hydrogen-bond donors (Lipinski definition) is 1. The van der Waals surface area contributed by atoms with E-state index in [9.17, 15) is 4.79 Å². The van der Waals surface area contributed by atoms with Crippen molar-refractivity contribution < 1.29 is 4.79 Å². The van der Waals surface area contributed by atoms with Crippen LogP contribution in [0.4, 0.5) is 0 Å². The summed E-state index contributed by atoms with van der Waals surface area (Å²) in [5.41, 5.74) is 0.859. The maximum atomic E-state index is 12.0. The van der Waals surface area contributed by atoms with Gasteiger partial charge in [0.05, 0.1) is 12.6 Å². The molecule has 0 amide bonds. The molecule has 1 aliphatic rings. The highest BCUT2D eigenvalue weighted by molar-refractivity contribution is 9.10. The van der Waals surface area contributed by atoms with Gasteiger partial charge in [0.1, 0.15) is 10.4 Å².